The predicted octanol–water partition coefficient (Wildman–Crippen LogP) is 3.19. The molecule has 0 saturated heterocycles. The first kappa shape index (κ1) is 14.2. The van der Waals surface area contributed by atoms with Gasteiger partial charge >= 0.3 is 0 Å². The summed E-state index contributed by atoms with van der Waals surface area (Å²) >= 11 is 0. The van der Waals surface area contributed by atoms with Crippen molar-refractivity contribution >= 4 is 0 Å². The number of rotatable bonds is 6. The first-order valence-electron chi connectivity index (χ1n) is 7.22. The molecule has 3 heteroatoms. The van der Waals surface area contributed by atoms with E-state index in [0.717, 1.165) is 30.8 Å². The van der Waals surface area contributed by atoms with E-state index in [1.54, 1.807) is 7.11 Å². The largest absolute Gasteiger partial charge is 0.493 e. The van der Waals surface area contributed by atoms with Crippen LogP contribution < -0.4 is 9.47 Å². The van der Waals surface area contributed by atoms with Crippen LogP contribution in [0.5, 0.6) is 11.5 Å². The average Bonchev–Trinajstić information content (AvgIpc) is 2.98. The van der Waals surface area contributed by atoms with Crippen molar-refractivity contribution in [2.45, 2.75) is 45.1 Å². The maximum absolute atomic E-state index is 10.1. The molecule has 0 heterocycles. The molecule has 106 valence electrons. The summed E-state index contributed by atoms with van der Waals surface area (Å²) in [5.74, 6) is 1.87. The standard InChI is InChI=1S/C16H24O3/c1-3-12-8-9-15(16(10-12)18-2)19-11-14(17)13-6-4-5-7-13/h8-10,13-14,17H,3-7,11H2,1-2H3. The molecule has 0 aromatic heterocycles. The number of aryl methyl sites for hydroxylation is 1. The van der Waals surface area contributed by atoms with Gasteiger partial charge in [0.25, 0.3) is 0 Å². The Morgan fingerprint density at radius 2 is 2.00 bits per heavy atom. The third-order valence-electron chi connectivity index (χ3n) is 3.99. The Hall–Kier alpha value is -1.22. The molecule has 1 aliphatic rings. The van der Waals surface area contributed by atoms with E-state index in [4.69, 9.17) is 9.47 Å². The Kier molecular flexibility index (Phi) is 5.08. The first-order valence-corrected chi connectivity index (χ1v) is 7.22. The zero-order valence-electron chi connectivity index (χ0n) is 11.9. The number of ether oxygens (including phenoxy) is 2. The summed E-state index contributed by atoms with van der Waals surface area (Å²) in [6, 6.07) is 5.97. The van der Waals surface area contributed by atoms with Gasteiger partial charge in [-0.05, 0) is 42.9 Å². The number of benzene rings is 1. The van der Waals surface area contributed by atoms with Gasteiger partial charge in [0, 0.05) is 0 Å². The summed E-state index contributed by atoms with van der Waals surface area (Å²) in [5, 5.41) is 10.1. The molecule has 1 N–H and O–H groups in total. The fourth-order valence-corrected chi connectivity index (χ4v) is 2.70. The molecule has 0 amide bonds. The van der Waals surface area contributed by atoms with E-state index in [1.807, 2.05) is 18.2 Å². The van der Waals surface area contributed by atoms with Gasteiger partial charge in [0.05, 0.1) is 13.2 Å². The van der Waals surface area contributed by atoms with Gasteiger partial charge in [-0.15, -0.1) is 0 Å². The minimum Gasteiger partial charge on any atom is -0.493 e. The molecular formula is C16H24O3. The van der Waals surface area contributed by atoms with Crippen LogP contribution in [0.15, 0.2) is 18.2 Å². The average molecular weight is 264 g/mol. The Morgan fingerprint density at radius 3 is 2.63 bits per heavy atom. The third-order valence-corrected chi connectivity index (χ3v) is 3.99. The molecule has 0 spiro atoms. The van der Waals surface area contributed by atoms with Gasteiger partial charge in [-0.25, -0.2) is 0 Å². The van der Waals surface area contributed by atoms with Gasteiger partial charge in [-0.1, -0.05) is 25.8 Å². The second-order valence-corrected chi connectivity index (χ2v) is 5.26. The Labute approximate surface area is 115 Å². The SMILES string of the molecule is CCc1ccc(OCC(O)C2CCCC2)c(OC)c1. The lowest BCUT2D eigenvalue weighted by Crippen LogP contribution is -2.25. The van der Waals surface area contributed by atoms with E-state index in [2.05, 4.69) is 6.92 Å². The van der Waals surface area contributed by atoms with Crippen molar-refractivity contribution in [2.75, 3.05) is 13.7 Å². The Bertz CT molecular complexity index is 397. The van der Waals surface area contributed by atoms with E-state index >= 15 is 0 Å². The Balaban J connectivity index is 1.94. The van der Waals surface area contributed by atoms with Crippen molar-refractivity contribution in [3.8, 4) is 11.5 Å². The highest BCUT2D eigenvalue weighted by Crippen LogP contribution is 2.31. The van der Waals surface area contributed by atoms with E-state index in [0.29, 0.717) is 12.5 Å². The molecule has 0 bridgehead atoms. The Morgan fingerprint density at radius 1 is 1.26 bits per heavy atom. The van der Waals surface area contributed by atoms with Gasteiger partial charge in [0.1, 0.15) is 6.61 Å². The van der Waals surface area contributed by atoms with Crippen molar-refractivity contribution in [1.29, 1.82) is 0 Å². The lowest BCUT2D eigenvalue weighted by atomic mass is 10.0. The molecule has 0 radical (unpaired) electrons. The maximum atomic E-state index is 10.1. The van der Waals surface area contributed by atoms with Crippen molar-refractivity contribution in [3.63, 3.8) is 0 Å². The van der Waals surface area contributed by atoms with Crippen LogP contribution in [-0.4, -0.2) is 24.9 Å². The molecule has 1 saturated carbocycles. The summed E-state index contributed by atoms with van der Waals surface area (Å²) in [7, 11) is 1.65. The second kappa shape index (κ2) is 6.80. The zero-order valence-corrected chi connectivity index (χ0v) is 11.9. The molecule has 1 aliphatic carbocycles. The minimum atomic E-state index is -0.363. The van der Waals surface area contributed by atoms with E-state index in [1.165, 1.54) is 18.4 Å². The van der Waals surface area contributed by atoms with Crippen LogP contribution in [0.1, 0.15) is 38.2 Å². The zero-order chi connectivity index (χ0) is 13.7. The van der Waals surface area contributed by atoms with E-state index < -0.39 is 0 Å². The van der Waals surface area contributed by atoms with Crippen LogP contribution in [0.3, 0.4) is 0 Å². The topological polar surface area (TPSA) is 38.7 Å². The van der Waals surface area contributed by atoms with Gasteiger partial charge in [0.2, 0.25) is 0 Å². The van der Waals surface area contributed by atoms with Crippen LogP contribution in [0, 0.1) is 5.92 Å². The number of hydrogen-bond donors (Lipinski definition) is 1. The number of methoxy groups -OCH3 is 1. The molecular weight excluding hydrogens is 240 g/mol. The highest BCUT2D eigenvalue weighted by molar-refractivity contribution is 5.42. The van der Waals surface area contributed by atoms with E-state index in [9.17, 15) is 5.11 Å². The van der Waals surface area contributed by atoms with Gasteiger partial charge in [0.15, 0.2) is 11.5 Å². The smallest absolute Gasteiger partial charge is 0.161 e. The summed E-state index contributed by atoms with van der Waals surface area (Å²) in [4.78, 5) is 0. The van der Waals surface area contributed by atoms with Crippen LogP contribution in [0.2, 0.25) is 0 Å². The summed E-state index contributed by atoms with van der Waals surface area (Å²) in [6.45, 7) is 2.46. The number of aliphatic hydroxyl groups is 1. The fraction of sp³-hybridized carbons (Fsp3) is 0.625. The van der Waals surface area contributed by atoms with Crippen molar-refractivity contribution in [1.82, 2.24) is 0 Å². The van der Waals surface area contributed by atoms with Crippen molar-refractivity contribution < 1.29 is 14.6 Å². The molecule has 1 fully saturated rings. The predicted molar refractivity (Wildman–Crippen MR) is 75.8 cm³/mol. The van der Waals surface area contributed by atoms with Crippen LogP contribution >= 0.6 is 0 Å². The quantitative estimate of drug-likeness (QED) is 0.857. The minimum absolute atomic E-state index is 0.354. The number of aliphatic hydroxyl groups excluding tert-OH is 1. The summed E-state index contributed by atoms with van der Waals surface area (Å²) < 4.78 is 11.1. The van der Waals surface area contributed by atoms with Crippen molar-refractivity contribution in [2.24, 2.45) is 5.92 Å². The van der Waals surface area contributed by atoms with Crippen LogP contribution in [-0.2, 0) is 6.42 Å². The molecule has 19 heavy (non-hydrogen) atoms. The molecule has 3 nitrogen and oxygen atoms in total. The molecule has 0 aliphatic heterocycles. The summed E-state index contributed by atoms with van der Waals surface area (Å²) in [5.41, 5.74) is 1.22. The van der Waals surface area contributed by atoms with Gasteiger partial charge in [-0.3, -0.25) is 0 Å². The molecule has 1 aromatic rings. The van der Waals surface area contributed by atoms with Crippen molar-refractivity contribution in [3.05, 3.63) is 23.8 Å². The monoisotopic (exact) mass is 264 g/mol. The fourth-order valence-electron chi connectivity index (χ4n) is 2.70. The van der Waals surface area contributed by atoms with Gasteiger partial charge in [-0.2, -0.15) is 0 Å². The second-order valence-electron chi connectivity index (χ2n) is 5.26. The highest BCUT2D eigenvalue weighted by Gasteiger charge is 2.23. The van der Waals surface area contributed by atoms with Crippen LogP contribution in [0.25, 0.3) is 0 Å². The molecule has 1 atom stereocenters. The molecule has 1 unspecified atom stereocenters. The lowest BCUT2D eigenvalue weighted by molar-refractivity contribution is 0.0583. The molecule has 2 rings (SSSR count). The molecule has 1 aromatic carbocycles. The van der Waals surface area contributed by atoms with E-state index in [-0.39, 0.29) is 6.10 Å². The first-order chi connectivity index (χ1) is 9.24. The number of hydrogen-bond acceptors (Lipinski definition) is 3. The maximum Gasteiger partial charge on any atom is 0.161 e. The normalized spacial score (nSPS) is 17.4. The van der Waals surface area contributed by atoms with Gasteiger partial charge < -0.3 is 14.6 Å². The lowest BCUT2D eigenvalue weighted by Gasteiger charge is -2.19. The van der Waals surface area contributed by atoms with Crippen LogP contribution in [0.4, 0.5) is 0 Å². The highest BCUT2D eigenvalue weighted by atomic mass is 16.5. The summed E-state index contributed by atoms with van der Waals surface area (Å²) in [6.07, 6.45) is 5.32. The third kappa shape index (κ3) is 3.63.